The van der Waals surface area contributed by atoms with Crippen LogP contribution in [0.4, 0.5) is 0 Å². The summed E-state index contributed by atoms with van der Waals surface area (Å²) in [4.78, 5) is 2.47. The number of benzene rings is 1. The molecule has 2 bridgehead atoms. The van der Waals surface area contributed by atoms with Crippen molar-refractivity contribution in [3.05, 3.63) is 29.8 Å². The lowest BCUT2D eigenvalue weighted by molar-refractivity contribution is 0.0585. The lowest BCUT2D eigenvalue weighted by atomic mass is 9.65. The Bertz CT molecular complexity index is 634. The Balaban J connectivity index is 1.50. The van der Waals surface area contributed by atoms with Crippen LogP contribution in [-0.4, -0.2) is 41.8 Å². The molecule has 0 spiro atoms. The first-order chi connectivity index (χ1) is 11.8. The van der Waals surface area contributed by atoms with Crippen molar-refractivity contribution in [2.45, 2.75) is 58.6 Å². The van der Waals surface area contributed by atoms with Crippen LogP contribution in [0.1, 0.15) is 45.6 Å². The molecule has 0 radical (unpaired) electrons. The molecule has 1 saturated heterocycles. The summed E-state index contributed by atoms with van der Waals surface area (Å²) in [6.45, 7) is 9.21. The molecule has 1 aromatic rings. The summed E-state index contributed by atoms with van der Waals surface area (Å²) < 4.78 is 5.73. The Labute approximate surface area is 151 Å². The highest BCUT2D eigenvalue weighted by atomic mass is 16.5. The van der Waals surface area contributed by atoms with Crippen LogP contribution in [0.25, 0.3) is 0 Å². The standard InChI is InChI=1S/C21H30N2O2/c1-20(2)10-17-11-21(3,14-20)15-23(17)12-18(24)13-25-19-6-4-16(5-7-19)8-9-22/h4-7,17-18,24H,8,10-15H2,1-3H3/t17-,18+,21-/m1/s1. The molecule has 2 aliphatic rings. The van der Waals surface area contributed by atoms with Crippen LogP contribution in [0.5, 0.6) is 5.75 Å². The summed E-state index contributed by atoms with van der Waals surface area (Å²) in [5, 5.41) is 19.1. The predicted molar refractivity (Wildman–Crippen MR) is 98.4 cm³/mol. The highest BCUT2D eigenvalue weighted by molar-refractivity contribution is 5.28. The number of rotatable bonds is 6. The van der Waals surface area contributed by atoms with Crippen molar-refractivity contribution in [1.82, 2.24) is 4.90 Å². The first-order valence-electron chi connectivity index (χ1n) is 9.29. The van der Waals surface area contributed by atoms with E-state index in [-0.39, 0.29) is 0 Å². The average Bonchev–Trinajstić information content (AvgIpc) is 2.75. The van der Waals surface area contributed by atoms with E-state index in [1.807, 2.05) is 24.3 Å². The van der Waals surface area contributed by atoms with Gasteiger partial charge in [-0.1, -0.05) is 32.9 Å². The van der Waals surface area contributed by atoms with E-state index in [9.17, 15) is 5.11 Å². The zero-order valence-corrected chi connectivity index (χ0v) is 15.7. The molecular formula is C21H30N2O2. The lowest BCUT2D eigenvalue weighted by Gasteiger charge is -2.40. The van der Waals surface area contributed by atoms with Gasteiger partial charge in [-0.3, -0.25) is 4.90 Å². The maximum atomic E-state index is 10.4. The largest absolute Gasteiger partial charge is 0.491 e. The average molecular weight is 342 g/mol. The zero-order valence-electron chi connectivity index (χ0n) is 15.7. The van der Waals surface area contributed by atoms with E-state index < -0.39 is 6.10 Å². The summed E-state index contributed by atoms with van der Waals surface area (Å²) in [6.07, 6.45) is 3.68. The van der Waals surface area contributed by atoms with Gasteiger partial charge in [0.05, 0.1) is 12.5 Å². The molecule has 136 valence electrons. The zero-order chi connectivity index (χ0) is 18.1. The van der Waals surface area contributed by atoms with E-state index in [0.29, 0.717) is 36.4 Å². The number of hydrogen-bond acceptors (Lipinski definition) is 4. The molecule has 0 amide bonds. The molecule has 2 fully saturated rings. The van der Waals surface area contributed by atoms with Crippen LogP contribution in [0.3, 0.4) is 0 Å². The van der Waals surface area contributed by atoms with Gasteiger partial charge in [0.25, 0.3) is 0 Å². The van der Waals surface area contributed by atoms with E-state index >= 15 is 0 Å². The van der Waals surface area contributed by atoms with Gasteiger partial charge in [-0.2, -0.15) is 5.26 Å². The molecule has 3 atom stereocenters. The second-order valence-corrected chi connectivity index (χ2v) is 9.09. The fourth-order valence-electron chi connectivity index (χ4n) is 5.10. The van der Waals surface area contributed by atoms with Crippen molar-refractivity contribution in [3.63, 3.8) is 0 Å². The molecular weight excluding hydrogens is 312 g/mol. The Morgan fingerprint density at radius 3 is 2.68 bits per heavy atom. The summed E-state index contributed by atoms with van der Waals surface area (Å²) in [5.41, 5.74) is 1.78. The van der Waals surface area contributed by atoms with Crippen LogP contribution in [0.2, 0.25) is 0 Å². The Morgan fingerprint density at radius 2 is 2.00 bits per heavy atom. The Hall–Kier alpha value is -1.57. The van der Waals surface area contributed by atoms with Gasteiger partial charge in [0.2, 0.25) is 0 Å². The van der Waals surface area contributed by atoms with Crippen molar-refractivity contribution in [2.75, 3.05) is 19.7 Å². The molecule has 1 aliphatic carbocycles. The Kier molecular flexibility index (Phi) is 5.09. The summed E-state index contributed by atoms with van der Waals surface area (Å²) in [5.74, 6) is 0.744. The normalized spacial score (nSPS) is 29.2. The van der Waals surface area contributed by atoms with E-state index in [0.717, 1.165) is 17.9 Å². The number of nitriles is 1. The van der Waals surface area contributed by atoms with Crippen molar-refractivity contribution < 1.29 is 9.84 Å². The van der Waals surface area contributed by atoms with E-state index in [1.54, 1.807) is 0 Å². The molecule has 3 rings (SSSR count). The molecule has 0 unspecified atom stereocenters. The summed E-state index contributed by atoms with van der Waals surface area (Å²) in [7, 11) is 0. The van der Waals surface area contributed by atoms with Crippen LogP contribution in [0, 0.1) is 22.2 Å². The quantitative estimate of drug-likeness (QED) is 0.861. The molecule has 4 nitrogen and oxygen atoms in total. The number of ether oxygens (including phenoxy) is 1. The van der Waals surface area contributed by atoms with Crippen LogP contribution in [-0.2, 0) is 6.42 Å². The number of β-amino-alcohol motifs (C(OH)–C–C–N with tert-alkyl or cyclic N) is 1. The summed E-state index contributed by atoms with van der Waals surface area (Å²) in [6, 6.07) is 10.3. The van der Waals surface area contributed by atoms with Crippen molar-refractivity contribution in [2.24, 2.45) is 10.8 Å². The molecule has 1 aromatic carbocycles. The minimum atomic E-state index is -0.482. The molecule has 4 heteroatoms. The van der Waals surface area contributed by atoms with Gasteiger partial charge in [-0.25, -0.2) is 0 Å². The summed E-state index contributed by atoms with van der Waals surface area (Å²) >= 11 is 0. The number of nitrogens with zero attached hydrogens (tertiary/aromatic N) is 2. The maximum Gasteiger partial charge on any atom is 0.119 e. The highest BCUT2D eigenvalue weighted by Gasteiger charge is 2.49. The van der Waals surface area contributed by atoms with Gasteiger partial charge in [0.1, 0.15) is 18.5 Å². The third-order valence-electron chi connectivity index (χ3n) is 5.62. The van der Waals surface area contributed by atoms with Crippen molar-refractivity contribution in [3.8, 4) is 11.8 Å². The second-order valence-electron chi connectivity index (χ2n) is 9.09. The SMILES string of the molecule is CC1(C)C[C@@H]2C[C@@](C)(CN2C[C@H](O)COc2ccc(CC#N)cc2)C1. The number of aliphatic hydroxyl groups is 1. The van der Waals surface area contributed by atoms with Gasteiger partial charge in [-0.15, -0.1) is 0 Å². The van der Waals surface area contributed by atoms with Crippen LogP contribution in [0.15, 0.2) is 24.3 Å². The number of likely N-dealkylation sites (tertiary alicyclic amines) is 1. The first kappa shape index (κ1) is 18.2. The minimum absolute atomic E-state index is 0.306. The smallest absolute Gasteiger partial charge is 0.119 e. The van der Waals surface area contributed by atoms with Crippen LogP contribution >= 0.6 is 0 Å². The first-order valence-corrected chi connectivity index (χ1v) is 9.29. The topological polar surface area (TPSA) is 56.5 Å². The number of hydrogen-bond donors (Lipinski definition) is 1. The number of aliphatic hydroxyl groups excluding tert-OH is 1. The molecule has 25 heavy (non-hydrogen) atoms. The van der Waals surface area contributed by atoms with Gasteiger partial charge < -0.3 is 9.84 Å². The second kappa shape index (κ2) is 6.97. The lowest BCUT2D eigenvalue weighted by Crippen LogP contribution is -2.39. The monoisotopic (exact) mass is 342 g/mol. The molecule has 1 heterocycles. The molecule has 1 N–H and O–H groups in total. The van der Waals surface area contributed by atoms with Gasteiger partial charge in [-0.05, 0) is 47.8 Å². The third kappa shape index (κ3) is 4.54. The Morgan fingerprint density at radius 1 is 1.28 bits per heavy atom. The van der Waals surface area contributed by atoms with Crippen molar-refractivity contribution >= 4 is 0 Å². The third-order valence-corrected chi connectivity index (χ3v) is 5.62. The number of fused-ring (bicyclic) bond motifs is 2. The molecule has 0 aromatic heterocycles. The maximum absolute atomic E-state index is 10.4. The van der Waals surface area contributed by atoms with Crippen LogP contribution < -0.4 is 4.74 Å². The highest BCUT2D eigenvalue weighted by Crippen LogP contribution is 2.52. The van der Waals surface area contributed by atoms with Gasteiger partial charge >= 0.3 is 0 Å². The van der Waals surface area contributed by atoms with E-state index in [4.69, 9.17) is 10.00 Å². The minimum Gasteiger partial charge on any atom is -0.491 e. The van der Waals surface area contributed by atoms with E-state index in [2.05, 4.69) is 31.7 Å². The fraction of sp³-hybridized carbons (Fsp3) is 0.667. The van der Waals surface area contributed by atoms with Crippen molar-refractivity contribution in [1.29, 1.82) is 5.26 Å². The fourth-order valence-corrected chi connectivity index (χ4v) is 5.10. The molecule has 1 saturated carbocycles. The van der Waals surface area contributed by atoms with E-state index in [1.165, 1.54) is 19.3 Å². The van der Waals surface area contributed by atoms with Gasteiger partial charge in [0.15, 0.2) is 0 Å². The van der Waals surface area contributed by atoms with Gasteiger partial charge in [0, 0.05) is 19.1 Å². The predicted octanol–water partition coefficient (Wildman–Crippen LogP) is 3.39. The molecule has 1 aliphatic heterocycles.